The smallest absolute Gasteiger partial charge is 0.305 e. The highest BCUT2D eigenvalue weighted by Gasteiger charge is 2.22. The summed E-state index contributed by atoms with van der Waals surface area (Å²) in [5.74, 6) is -0.764. The Balaban J connectivity index is 2.48. The van der Waals surface area contributed by atoms with E-state index in [0.717, 1.165) is 6.07 Å². The Morgan fingerprint density at radius 1 is 1.53 bits per heavy atom. The van der Waals surface area contributed by atoms with Gasteiger partial charge in [-0.1, -0.05) is 6.07 Å². The third-order valence-electron chi connectivity index (χ3n) is 1.99. The molecule has 0 amide bonds. The van der Waals surface area contributed by atoms with E-state index < -0.39 is 16.4 Å². The zero-order valence-corrected chi connectivity index (χ0v) is 7.64. The zero-order chi connectivity index (χ0) is 10.8. The normalized spacial score (nSPS) is 14.6. The van der Waals surface area contributed by atoms with Gasteiger partial charge in [-0.3, -0.25) is 10.1 Å². The summed E-state index contributed by atoms with van der Waals surface area (Å²) in [6, 6.07) is 3.92. The van der Waals surface area contributed by atoms with Crippen molar-refractivity contribution >= 4 is 11.6 Å². The molecule has 0 spiro atoms. The third-order valence-corrected chi connectivity index (χ3v) is 1.99. The van der Waals surface area contributed by atoms with Crippen LogP contribution in [0.4, 0.5) is 10.1 Å². The highest BCUT2D eigenvalue weighted by atomic mass is 19.1. The minimum absolute atomic E-state index is 0.0432. The van der Waals surface area contributed by atoms with E-state index in [1.165, 1.54) is 12.1 Å². The highest BCUT2D eigenvalue weighted by molar-refractivity contribution is 5.95. The van der Waals surface area contributed by atoms with Crippen molar-refractivity contribution in [2.24, 2.45) is 4.99 Å². The fourth-order valence-electron chi connectivity index (χ4n) is 1.32. The summed E-state index contributed by atoms with van der Waals surface area (Å²) in [6.45, 7) is 0.842. The number of rotatable bonds is 2. The van der Waals surface area contributed by atoms with E-state index in [1.54, 1.807) is 0 Å². The molecule has 0 fully saturated rings. The lowest BCUT2D eigenvalue weighted by atomic mass is 10.2. The van der Waals surface area contributed by atoms with Gasteiger partial charge in [0.25, 0.3) is 0 Å². The Kier molecular flexibility index (Phi) is 2.32. The molecular formula is C9H7FN2O3. The first kappa shape index (κ1) is 9.57. The van der Waals surface area contributed by atoms with Crippen LogP contribution in [-0.2, 0) is 4.74 Å². The van der Waals surface area contributed by atoms with Gasteiger partial charge in [0.15, 0.2) is 0 Å². The molecule has 0 radical (unpaired) electrons. The van der Waals surface area contributed by atoms with E-state index in [1.807, 2.05) is 0 Å². The van der Waals surface area contributed by atoms with E-state index in [-0.39, 0.29) is 11.5 Å². The Morgan fingerprint density at radius 3 is 2.93 bits per heavy atom. The number of hydrogen-bond donors (Lipinski definition) is 0. The molecule has 0 atom stereocenters. The van der Waals surface area contributed by atoms with Crippen LogP contribution in [0.1, 0.15) is 5.56 Å². The van der Waals surface area contributed by atoms with Crippen LogP contribution in [0.3, 0.4) is 0 Å². The van der Waals surface area contributed by atoms with Gasteiger partial charge in [-0.25, -0.2) is 4.99 Å². The average molecular weight is 210 g/mol. The van der Waals surface area contributed by atoms with Gasteiger partial charge in [-0.15, -0.1) is 0 Å². The Morgan fingerprint density at radius 2 is 2.33 bits per heavy atom. The standard InChI is InChI=1S/C9H7FN2O3/c10-8-6(9-11-4-5-15-9)2-1-3-7(8)12(13)14/h1-3H,4-5H2. The quantitative estimate of drug-likeness (QED) is 0.549. The van der Waals surface area contributed by atoms with Gasteiger partial charge in [0.05, 0.1) is 17.0 Å². The second kappa shape index (κ2) is 3.64. The largest absolute Gasteiger partial charge is 0.475 e. The average Bonchev–Trinajstić information content (AvgIpc) is 2.70. The number of benzene rings is 1. The molecule has 1 aromatic rings. The van der Waals surface area contributed by atoms with Crippen LogP contribution in [0.5, 0.6) is 0 Å². The molecule has 78 valence electrons. The Hall–Kier alpha value is -1.98. The summed E-state index contributed by atoms with van der Waals surface area (Å²) in [5, 5.41) is 10.5. The van der Waals surface area contributed by atoms with Crippen LogP contribution < -0.4 is 0 Å². The maximum atomic E-state index is 13.6. The first-order chi connectivity index (χ1) is 7.20. The number of aliphatic imine (C=N–C) groups is 1. The van der Waals surface area contributed by atoms with Crippen molar-refractivity contribution in [2.45, 2.75) is 0 Å². The molecule has 15 heavy (non-hydrogen) atoms. The fourth-order valence-corrected chi connectivity index (χ4v) is 1.32. The van der Waals surface area contributed by atoms with Crippen molar-refractivity contribution in [1.29, 1.82) is 0 Å². The van der Waals surface area contributed by atoms with Crippen LogP contribution in [0.2, 0.25) is 0 Å². The summed E-state index contributed by atoms with van der Waals surface area (Å²) >= 11 is 0. The highest BCUT2D eigenvalue weighted by Crippen LogP contribution is 2.21. The minimum atomic E-state index is -0.900. The van der Waals surface area contributed by atoms with Gasteiger partial charge < -0.3 is 4.74 Å². The summed E-state index contributed by atoms with van der Waals surface area (Å²) < 4.78 is 18.6. The predicted molar refractivity (Wildman–Crippen MR) is 50.4 cm³/mol. The molecule has 1 aliphatic heterocycles. The minimum Gasteiger partial charge on any atom is -0.475 e. The number of halogens is 1. The second-order valence-corrected chi connectivity index (χ2v) is 2.93. The molecule has 1 aliphatic rings. The van der Waals surface area contributed by atoms with E-state index in [4.69, 9.17) is 4.74 Å². The first-order valence-corrected chi connectivity index (χ1v) is 4.30. The number of nitrogens with zero attached hydrogens (tertiary/aromatic N) is 2. The lowest BCUT2D eigenvalue weighted by Crippen LogP contribution is -2.06. The van der Waals surface area contributed by atoms with Gasteiger partial charge in [0.2, 0.25) is 11.7 Å². The maximum Gasteiger partial charge on any atom is 0.305 e. The van der Waals surface area contributed by atoms with Crippen molar-refractivity contribution < 1.29 is 14.1 Å². The van der Waals surface area contributed by atoms with Crippen LogP contribution in [0.25, 0.3) is 0 Å². The molecule has 0 aromatic heterocycles. The molecule has 0 aliphatic carbocycles. The molecule has 2 rings (SSSR count). The molecule has 0 N–H and O–H groups in total. The van der Waals surface area contributed by atoms with Crippen LogP contribution >= 0.6 is 0 Å². The monoisotopic (exact) mass is 210 g/mol. The van der Waals surface area contributed by atoms with Gasteiger partial charge in [0, 0.05) is 6.07 Å². The van der Waals surface area contributed by atoms with Crippen LogP contribution in [-0.4, -0.2) is 24.0 Å². The van der Waals surface area contributed by atoms with Crippen LogP contribution in [0, 0.1) is 15.9 Å². The number of nitro benzene ring substituents is 1. The summed E-state index contributed by atoms with van der Waals surface area (Å²) in [4.78, 5) is 13.6. The molecule has 0 bridgehead atoms. The lowest BCUT2D eigenvalue weighted by Gasteiger charge is -2.02. The van der Waals surface area contributed by atoms with Gasteiger partial charge in [-0.05, 0) is 6.07 Å². The first-order valence-electron chi connectivity index (χ1n) is 4.30. The van der Waals surface area contributed by atoms with Crippen molar-refractivity contribution in [1.82, 2.24) is 0 Å². The molecular weight excluding hydrogens is 203 g/mol. The van der Waals surface area contributed by atoms with Gasteiger partial charge >= 0.3 is 5.69 Å². The summed E-state index contributed by atoms with van der Waals surface area (Å²) in [7, 11) is 0. The van der Waals surface area contributed by atoms with E-state index in [9.17, 15) is 14.5 Å². The van der Waals surface area contributed by atoms with Gasteiger partial charge in [-0.2, -0.15) is 4.39 Å². The van der Waals surface area contributed by atoms with Crippen molar-refractivity contribution in [2.75, 3.05) is 13.2 Å². The number of nitro groups is 1. The second-order valence-electron chi connectivity index (χ2n) is 2.93. The van der Waals surface area contributed by atoms with E-state index in [0.29, 0.717) is 13.2 Å². The lowest BCUT2D eigenvalue weighted by molar-refractivity contribution is -0.387. The summed E-state index contributed by atoms with van der Waals surface area (Å²) in [5.41, 5.74) is -0.521. The number of ether oxygens (including phenoxy) is 1. The fraction of sp³-hybridized carbons (Fsp3) is 0.222. The summed E-state index contributed by atoms with van der Waals surface area (Å²) in [6.07, 6.45) is 0. The molecule has 6 heteroatoms. The number of hydrogen-bond acceptors (Lipinski definition) is 4. The topological polar surface area (TPSA) is 64.7 Å². The van der Waals surface area contributed by atoms with Gasteiger partial charge in [0.1, 0.15) is 6.61 Å². The molecule has 5 nitrogen and oxygen atoms in total. The maximum absolute atomic E-state index is 13.6. The van der Waals surface area contributed by atoms with E-state index >= 15 is 0 Å². The van der Waals surface area contributed by atoms with Crippen molar-refractivity contribution in [3.8, 4) is 0 Å². The molecule has 1 heterocycles. The van der Waals surface area contributed by atoms with Crippen LogP contribution in [0.15, 0.2) is 23.2 Å². The Bertz CT molecular complexity index is 445. The predicted octanol–water partition coefficient (Wildman–Crippen LogP) is 1.51. The van der Waals surface area contributed by atoms with E-state index in [2.05, 4.69) is 4.99 Å². The SMILES string of the molecule is O=[N+]([O-])c1cccc(C2=NCCO2)c1F. The zero-order valence-electron chi connectivity index (χ0n) is 7.64. The van der Waals surface area contributed by atoms with Crippen molar-refractivity contribution in [3.05, 3.63) is 39.7 Å². The Labute approximate surface area is 84.3 Å². The molecule has 0 saturated carbocycles. The van der Waals surface area contributed by atoms with Crippen molar-refractivity contribution in [3.63, 3.8) is 0 Å². The molecule has 0 unspecified atom stereocenters. The molecule has 0 saturated heterocycles. The molecule has 1 aromatic carbocycles. The third kappa shape index (κ3) is 1.65.